The first-order chi connectivity index (χ1) is 15.3. The summed E-state index contributed by atoms with van der Waals surface area (Å²) < 4.78 is 89.2. The molecule has 1 heterocycles. The van der Waals surface area contributed by atoms with E-state index >= 15 is 0 Å². The molecular weight excluding hydrogens is 452 g/mol. The quantitative estimate of drug-likeness (QED) is 0.417. The van der Waals surface area contributed by atoms with Crippen LogP contribution in [0.5, 0.6) is 0 Å². The Balaban J connectivity index is 1.71. The maximum absolute atomic E-state index is 13.1. The van der Waals surface area contributed by atoms with Crippen molar-refractivity contribution < 1.29 is 40.6 Å². The van der Waals surface area contributed by atoms with Gasteiger partial charge in [0.2, 0.25) is 0 Å². The lowest BCUT2D eigenvalue weighted by molar-refractivity contribution is -0.160. The first-order valence-corrected chi connectivity index (χ1v) is 11.1. The lowest BCUT2D eigenvalue weighted by Gasteiger charge is -2.32. The monoisotopic (exact) mass is 481 g/mol. The van der Waals surface area contributed by atoms with Crippen molar-refractivity contribution in [2.45, 2.75) is 77.0 Å². The van der Waals surface area contributed by atoms with Crippen molar-refractivity contribution >= 4 is 5.97 Å². The molecule has 10 heteroatoms. The Morgan fingerprint density at radius 2 is 1.61 bits per heavy atom. The highest BCUT2D eigenvalue weighted by Crippen LogP contribution is 2.46. The molecule has 2 atom stereocenters. The first kappa shape index (κ1) is 25.8. The van der Waals surface area contributed by atoms with E-state index in [0.29, 0.717) is 44.2 Å². The molecular formula is C23H29F6NO3. The number of hydrogen-bond acceptors (Lipinski definition) is 4. The number of carbonyl (C=O) groups excluding carboxylic acids is 1. The van der Waals surface area contributed by atoms with Gasteiger partial charge >= 0.3 is 18.3 Å². The van der Waals surface area contributed by atoms with Gasteiger partial charge in [-0.2, -0.15) is 26.3 Å². The summed E-state index contributed by atoms with van der Waals surface area (Å²) in [4.78, 5) is 13.1. The smallest absolute Gasteiger partial charge is 0.416 e. The fourth-order valence-electron chi connectivity index (χ4n) is 4.76. The molecule has 1 saturated carbocycles. The maximum Gasteiger partial charge on any atom is 0.416 e. The summed E-state index contributed by atoms with van der Waals surface area (Å²) in [7, 11) is 0. The average molecular weight is 481 g/mol. The first-order valence-electron chi connectivity index (χ1n) is 11.1. The summed E-state index contributed by atoms with van der Waals surface area (Å²) in [6.45, 7) is 4.46. The van der Waals surface area contributed by atoms with E-state index < -0.39 is 41.5 Å². The summed E-state index contributed by atoms with van der Waals surface area (Å²) in [5.74, 6) is -0.682. The van der Waals surface area contributed by atoms with Gasteiger partial charge in [0.05, 0.1) is 16.5 Å². The van der Waals surface area contributed by atoms with E-state index in [4.69, 9.17) is 9.47 Å². The van der Waals surface area contributed by atoms with E-state index in [0.717, 1.165) is 19.3 Å². The third-order valence-electron chi connectivity index (χ3n) is 6.77. The highest BCUT2D eigenvalue weighted by Gasteiger charge is 2.49. The standard InChI is InChI=1S/C23H29F6NO3/c1-14(2)21(6-3-19(12-21)30-18-4-7-32-8-5-18)20(31)33-13-15-9-16(22(24,25)26)11-17(10-15)23(27,28)29/h9-11,14,18-19,30H,3-8,12-13H2,1-2H3. The van der Waals surface area contributed by atoms with Crippen LogP contribution in [0, 0.1) is 11.3 Å². The van der Waals surface area contributed by atoms with Crippen LogP contribution in [0.2, 0.25) is 0 Å². The summed E-state index contributed by atoms with van der Waals surface area (Å²) in [6, 6.07) is 1.63. The Morgan fingerprint density at radius 3 is 2.12 bits per heavy atom. The Hall–Kier alpha value is -1.81. The lowest BCUT2D eigenvalue weighted by atomic mass is 9.75. The van der Waals surface area contributed by atoms with Crippen LogP contribution in [0.4, 0.5) is 26.3 Å². The van der Waals surface area contributed by atoms with Crippen LogP contribution in [0.25, 0.3) is 0 Å². The molecule has 1 N–H and O–H groups in total. The van der Waals surface area contributed by atoms with Crippen molar-refractivity contribution in [3.05, 3.63) is 34.9 Å². The fourth-order valence-corrected chi connectivity index (χ4v) is 4.76. The molecule has 2 unspecified atom stereocenters. The van der Waals surface area contributed by atoms with E-state index in [1.165, 1.54) is 0 Å². The molecule has 0 spiro atoms. The molecule has 0 amide bonds. The minimum Gasteiger partial charge on any atom is -0.460 e. The number of alkyl halides is 6. The number of ether oxygens (including phenoxy) is 2. The number of carbonyl (C=O) groups is 1. The number of nitrogens with one attached hydrogen (secondary N) is 1. The molecule has 1 aromatic carbocycles. The van der Waals surface area contributed by atoms with Gasteiger partial charge in [-0.25, -0.2) is 0 Å². The molecule has 3 rings (SSSR count). The van der Waals surface area contributed by atoms with Crippen molar-refractivity contribution in [1.29, 1.82) is 0 Å². The van der Waals surface area contributed by atoms with Crippen LogP contribution >= 0.6 is 0 Å². The number of hydrogen-bond donors (Lipinski definition) is 1. The number of esters is 1. The van der Waals surface area contributed by atoms with Gasteiger partial charge < -0.3 is 14.8 Å². The van der Waals surface area contributed by atoms with Crippen LogP contribution in [-0.2, 0) is 33.2 Å². The zero-order chi connectivity index (χ0) is 24.4. The van der Waals surface area contributed by atoms with Crippen molar-refractivity contribution in [3.63, 3.8) is 0 Å². The predicted molar refractivity (Wildman–Crippen MR) is 108 cm³/mol. The Labute approximate surface area is 189 Å². The van der Waals surface area contributed by atoms with Gasteiger partial charge in [-0.15, -0.1) is 0 Å². The predicted octanol–water partition coefficient (Wildman–Crippen LogP) is 5.73. The van der Waals surface area contributed by atoms with Gasteiger partial charge in [0.15, 0.2) is 0 Å². The Morgan fingerprint density at radius 1 is 1.03 bits per heavy atom. The van der Waals surface area contributed by atoms with Crippen LogP contribution in [0.15, 0.2) is 18.2 Å². The number of benzene rings is 1. The minimum atomic E-state index is -4.95. The van der Waals surface area contributed by atoms with E-state index in [1.54, 1.807) is 0 Å². The molecule has 33 heavy (non-hydrogen) atoms. The topological polar surface area (TPSA) is 47.6 Å². The zero-order valence-electron chi connectivity index (χ0n) is 18.6. The van der Waals surface area contributed by atoms with E-state index in [9.17, 15) is 31.1 Å². The Kier molecular flexibility index (Phi) is 7.68. The number of rotatable bonds is 6. The lowest BCUT2D eigenvalue weighted by Crippen LogP contribution is -2.43. The number of halogens is 6. The molecule has 0 aromatic heterocycles. The van der Waals surface area contributed by atoms with Crippen LogP contribution in [0.1, 0.15) is 62.6 Å². The van der Waals surface area contributed by atoms with Gasteiger partial charge in [0.25, 0.3) is 0 Å². The summed E-state index contributed by atoms with van der Waals surface area (Å²) in [5.41, 5.74) is -4.04. The van der Waals surface area contributed by atoms with E-state index in [-0.39, 0.29) is 23.6 Å². The Bertz CT molecular complexity index is 800. The van der Waals surface area contributed by atoms with Crippen molar-refractivity contribution in [3.8, 4) is 0 Å². The molecule has 4 nitrogen and oxygen atoms in total. The largest absolute Gasteiger partial charge is 0.460 e. The van der Waals surface area contributed by atoms with Crippen LogP contribution < -0.4 is 5.32 Å². The van der Waals surface area contributed by atoms with Gasteiger partial charge in [-0.3, -0.25) is 4.79 Å². The van der Waals surface area contributed by atoms with Crippen LogP contribution in [-0.4, -0.2) is 31.3 Å². The normalized spacial score (nSPS) is 24.9. The molecule has 1 aliphatic carbocycles. The highest BCUT2D eigenvalue weighted by atomic mass is 19.4. The maximum atomic E-state index is 13.1. The summed E-state index contributed by atoms with van der Waals surface area (Å²) >= 11 is 0. The van der Waals surface area contributed by atoms with Gasteiger partial charge in [-0.05, 0) is 61.8 Å². The summed E-state index contributed by atoms with van der Waals surface area (Å²) in [5, 5.41) is 3.57. The molecule has 1 aromatic rings. The third-order valence-corrected chi connectivity index (χ3v) is 6.77. The molecule has 186 valence electrons. The SMILES string of the molecule is CC(C)C1(C(=O)OCc2cc(C(F)(F)F)cc(C(F)(F)F)c2)CCC(NC2CCOCC2)C1. The van der Waals surface area contributed by atoms with Gasteiger partial charge in [-0.1, -0.05) is 13.8 Å². The zero-order valence-corrected chi connectivity index (χ0v) is 18.6. The minimum absolute atomic E-state index is 0.0600. The van der Waals surface area contributed by atoms with Crippen molar-refractivity contribution in [2.24, 2.45) is 11.3 Å². The highest BCUT2D eigenvalue weighted by molar-refractivity contribution is 5.77. The van der Waals surface area contributed by atoms with Crippen molar-refractivity contribution in [2.75, 3.05) is 13.2 Å². The fraction of sp³-hybridized carbons (Fsp3) is 0.696. The second-order valence-electron chi connectivity index (χ2n) is 9.29. The van der Waals surface area contributed by atoms with E-state index in [1.807, 2.05) is 13.8 Å². The second-order valence-corrected chi connectivity index (χ2v) is 9.29. The average Bonchev–Trinajstić information content (AvgIpc) is 3.16. The van der Waals surface area contributed by atoms with Gasteiger partial charge in [0, 0.05) is 25.3 Å². The molecule has 1 saturated heterocycles. The molecule has 0 bridgehead atoms. The second kappa shape index (κ2) is 9.82. The third kappa shape index (κ3) is 6.20. The molecule has 2 fully saturated rings. The van der Waals surface area contributed by atoms with Crippen molar-refractivity contribution in [1.82, 2.24) is 5.32 Å². The summed E-state index contributed by atoms with van der Waals surface area (Å²) in [6.07, 6.45) is -6.34. The van der Waals surface area contributed by atoms with Gasteiger partial charge in [0.1, 0.15) is 6.61 Å². The molecule has 1 aliphatic heterocycles. The molecule has 0 radical (unpaired) electrons. The van der Waals surface area contributed by atoms with Crippen LogP contribution in [0.3, 0.4) is 0 Å². The van der Waals surface area contributed by atoms with E-state index in [2.05, 4.69) is 5.32 Å². The molecule has 2 aliphatic rings.